The topological polar surface area (TPSA) is 76.7 Å². The van der Waals surface area contributed by atoms with Gasteiger partial charge in [-0.2, -0.15) is 0 Å². The van der Waals surface area contributed by atoms with E-state index in [1.165, 1.54) is 25.7 Å². The van der Waals surface area contributed by atoms with E-state index in [4.69, 9.17) is 9.47 Å². The molecule has 2 fully saturated rings. The smallest absolute Gasteiger partial charge is 0.228 e. The largest absolute Gasteiger partial charge is 0.493 e. The van der Waals surface area contributed by atoms with Gasteiger partial charge in [-0.25, -0.2) is 0 Å². The van der Waals surface area contributed by atoms with E-state index in [2.05, 4.69) is 10.6 Å². The molecule has 2 aliphatic rings. The number of carbonyl (C=O) groups is 2. The van der Waals surface area contributed by atoms with Crippen LogP contribution in [0.4, 0.5) is 5.69 Å². The summed E-state index contributed by atoms with van der Waals surface area (Å²) in [4.78, 5) is 24.8. The Bertz CT molecular complexity index is 653. The molecule has 0 bridgehead atoms. The van der Waals surface area contributed by atoms with Crippen LogP contribution in [0.5, 0.6) is 11.5 Å². The minimum atomic E-state index is -0.242. The molecule has 2 atom stereocenters. The summed E-state index contributed by atoms with van der Waals surface area (Å²) in [6.45, 7) is 0. The van der Waals surface area contributed by atoms with Crippen molar-refractivity contribution in [3.63, 3.8) is 0 Å². The minimum absolute atomic E-state index is 0.0318. The van der Waals surface area contributed by atoms with Gasteiger partial charge in [0.2, 0.25) is 11.8 Å². The average molecular weight is 360 g/mol. The highest BCUT2D eigenvalue weighted by atomic mass is 16.5. The Hall–Kier alpha value is -2.24. The Kier molecular flexibility index (Phi) is 6.01. The van der Waals surface area contributed by atoms with Crippen LogP contribution in [0, 0.1) is 11.8 Å². The van der Waals surface area contributed by atoms with E-state index in [-0.39, 0.29) is 29.7 Å². The van der Waals surface area contributed by atoms with Crippen molar-refractivity contribution in [3.05, 3.63) is 18.2 Å². The van der Waals surface area contributed by atoms with Gasteiger partial charge in [-0.1, -0.05) is 25.7 Å². The number of amides is 2. The lowest BCUT2D eigenvalue weighted by molar-refractivity contribution is -0.125. The van der Waals surface area contributed by atoms with Crippen molar-refractivity contribution in [2.45, 2.75) is 51.0 Å². The van der Waals surface area contributed by atoms with Crippen LogP contribution in [0.15, 0.2) is 18.2 Å². The molecule has 2 aliphatic carbocycles. The van der Waals surface area contributed by atoms with Crippen LogP contribution in [0.25, 0.3) is 0 Å². The number of hydrogen-bond donors (Lipinski definition) is 2. The average Bonchev–Trinajstić information content (AvgIpc) is 3.46. The molecule has 2 unspecified atom stereocenters. The van der Waals surface area contributed by atoms with Crippen LogP contribution in [-0.2, 0) is 9.59 Å². The summed E-state index contributed by atoms with van der Waals surface area (Å²) in [5.41, 5.74) is 0.641. The van der Waals surface area contributed by atoms with Gasteiger partial charge in [-0.15, -0.1) is 0 Å². The van der Waals surface area contributed by atoms with Gasteiger partial charge >= 0.3 is 0 Å². The van der Waals surface area contributed by atoms with E-state index >= 15 is 0 Å². The van der Waals surface area contributed by atoms with E-state index in [0.717, 1.165) is 12.8 Å². The van der Waals surface area contributed by atoms with Gasteiger partial charge in [0, 0.05) is 17.8 Å². The number of rotatable bonds is 6. The van der Waals surface area contributed by atoms with E-state index in [9.17, 15) is 9.59 Å². The van der Waals surface area contributed by atoms with Gasteiger partial charge in [-0.05, 0) is 31.4 Å². The lowest BCUT2D eigenvalue weighted by Crippen LogP contribution is -2.36. The van der Waals surface area contributed by atoms with Crippen molar-refractivity contribution in [2.75, 3.05) is 19.5 Å². The van der Waals surface area contributed by atoms with Gasteiger partial charge in [0.25, 0.3) is 0 Å². The van der Waals surface area contributed by atoms with Gasteiger partial charge in [0.05, 0.1) is 26.1 Å². The predicted molar refractivity (Wildman–Crippen MR) is 99.4 cm³/mol. The number of benzene rings is 1. The van der Waals surface area contributed by atoms with Crippen molar-refractivity contribution in [1.29, 1.82) is 0 Å². The van der Waals surface area contributed by atoms with Gasteiger partial charge in [0.15, 0.2) is 11.5 Å². The van der Waals surface area contributed by atoms with Crippen LogP contribution < -0.4 is 20.1 Å². The zero-order valence-corrected chi connectivity index (χ0v) is 15.5. The van der Waals surface area contributed by atoms with Crippen molar-refractivity contribution in [2.24, 2.45) is 11.8 Å². The lowest BCUT2D eigenvalue weighted by atomic mass is 10.1. The molecule has 142 valence electrons. The third-order valence-corrected chi connectivity index (χ3v) is 5.32. The van der Waals surface area contributed by atoms with Gasteiger partial charge < -0.3 is 20.1 Å². The van der Waals surface area contributed by atoms with Gasteiger partial charge in [-0.3, -0.25) is 9.59 Å². The predicted octanol–water partition coefficient (Wildman–Crippen LogP) is 3.12. The van der Waals surface area contributed by atoms with Crippen LogP contribution in [0.3, 0.4) is 0 Å². The number of anilines is 1. The highest BCUT2D eigenvalue weighted by Crippen LogP contribution is 2.40. The zero-order chi connectivity index (χ0) is 18.5. The molecule has 1 aromatic carbocycles. The Labute approximate surface area is 154 Å². The molecule has 0 spiro atoms. The molecule has 2 amide bonds. The molecular weight excluding hydrogens is 332 g/mol. The maximum absolute atomic E-state index is 12.4. The quantitative estimate of drug-likeness (QED) is 0.764. The molecule has 2 saturated carbocycles. The highest BCUT2D eigenvalue weighted by molar-refractivity contribution is 5.99. The first kappa shape index (κ1) is 18.5. The minimum Gasteiger partial charge on any atom is -0.493 e. The molecule has 0 heterocycles. The standard InChI is InChI=1S/C20H28N2O4/c1-25-17-10-9-14(11-18(17)26-2)22-20(24)16-12-15(16)19(23)21-13-7-5-3-4-6-8-13/h9-11,13,15-16H,3-8,12H2,1-2H3,(H,21,23)(H,22,24). The Morgan fingerprint density at radius 2 is 1.58 bits per heavy atom. The third-order valence-electron chi connectivity index (χ3n) is 5.32. The van der Waals surface area contributed by atoms with E-state index < -0.39 is 0 Å². The van der Waals surface area contributed by atoms with E-state index in [1.54, 1.807) is 32.4 Å². The zero-order valence-electron chi connectivity index (χ0n) is 15.5. The molecule has 0 radical (unpaired) electrons. The monoisotopic (exact) mass is 360 g/mol. The number of hydrogen-bond acceptors (Lipinski definition) is 4. The van der Waals surface area contributed by atoms with Crippen LogP contribution >= 0.6 is 0 Å². The maximum Gasteiger partial charge on any atom is 0.228 e. The summed E-state index contributed by atoms with van der Waals surface area (Å²) in [6, 6.07) is 5.51. The highest BCUT2D eigenvalue weighted by Gasteiger charge is 2.48. The number of ether oxygens (including phenoxy) is 2. The second-order valence-electron chi connectivity index (χ2n) is 7.20. The van der Waals surface area contributed by atoms with Crippen LogP contribution in [0.2, 0.25) is 0 Å². The van der Waals surface area contributed by atoms with E-state index in [1.807, 2.05) is 0 Å². The molecule has 0 saturated heterocycles. The molecular formula is C20H28N2O4. The number of methoxy groups -OCH3 is 2. The van der Waals surface area contributed by atoms with Crippen LogP contribution in [-0.4, -0.2) is 32.1 Å². The molecule has 1 aromatic rings. The first-order valence-corrected chi connectivity index (χ1v) is 9.45. The maximum atomic E-state index is 12.4. The van der Waals surface area contributed by atoms with Crippen molar-refractivity contribution < 1.29 is 19.1 Å². The molecule has 0 aromatic heterocycles. The normalized spacial score (nSPS) is 22.8. The molecule has 6 heteroatoms. The SMILES string of the molecule is COc1ccc(NC(=O)C2CC2C(=O)NC2CCCCCC2)cc1OC. The first-order chi connectivity index (χ1) is 12.6. The second kappa shape index (κ2) is 8.43. The van der Waals surface area contributed by atoms with E-state index in [0.29, 0.717) is 23.6 Å². The molecule has 6 nitrogen and oxygen atoms in total. The van der Waals surface area contributed by atoms with Gasteiger partial charge in [0.1, 0.15) is 0 Å². The Morgan fingerprint density at radius 1 is 0.923 bits per heavy atom. The summed E-state index contributed by atoms with van der Waals surface area (Å²) < 4.78 is 10.4. The van der Waals surface area contributed by atoms with Crippen LogP contribution in [0.1, 0.15) is 44.9 Å². The summed E-state index contributed by atoms with van der Waals surface area (Å²) in [7, 11) is 3.12. The number of carbonyl (C=O) groups excluding carboxylic acids is 2. The molecule has 2 N–H and O–H groups in total. The second-order valence-corrected chi connectivity index (χ2v) is 7.20. The summed E-state index contributed by atoms with van der Waals surface area (Å²) in [5.74, 6) is 0.649. The third kappa shape index (κ3) is 4.48. The summed E-state index contributed by atoms with van der Waals surface area (Å²) in [6.07, 6.45) is 7.61. The number of nitrogens with one attached hydrogen (secondary N) is 2. The molecule has 26 heavy (non-hydrogen) atoms. The molecule has 0 aliphatic heterocycles. The first-order valence-electron chi connectivity index (χ1n) is 9.45. The van der Waals surface area contributed by atoms with Crippen molar-refractivity contribution in [1.82, 2.24) is 5.32 Å². The summed E-state index contributed by atoms with van der Waals surface area (Å²) in [5, 5.41) is 6.02. The Balaban J connectivity index is 1.51. The fraction of sp³-hybridized carbons (Fsp3) is 0.600. The van der Waals surface area contributed by atoms with Crippen molar-refractivity contribution >= 4 is 17.5 Å². The fourth-order valence-electron chi connectivity index (χ4n) is 3.66. The molecule has 3 rings (SSSR count). The fourth-order valence-corrected chi connectivity index (χ4v) is 3.66. The summed E-state index contributed by atoms with van der Waals surface area (Å²) >= 11 is 0. The Morgan fingerprint density at radius 3 is 2.23 bits per heavy atom. The lowest BCUT2D eigenvalue weighted by Gasteiger charge is -2.16. The van der Waals surface area contributed by atoms with Crippen molar-refractivity contribution in [3.8, 4) is 11.5 Å².